The van der Waals surface area contributed by atoms with E-state index < -0.39 is 0 Å². The number of halogens is 1. The third-order valence-corrected chi connectivity index (χ3v) is 3.83. The van der Waals surface area contributed by atoms with Crippen LogP contribution in [-0.2, 0) is 11.2 Å². The Bertz CT molecular complexity index is 377. The zero-order valence-electron chi connectivity index (χ0n) is 11.7. The first kappa shape index (κ1) is 14.5. The van der Waals surface area contributed by atoms with Crippen molar-refractivity contribution >= 4 is 0 Å². The molecule has 2 nitrogen and oxygen atoms in total. The van der Waals surface area contributed by atoms with Gasteiger partial charge in [0.15, 0.2) is 0 Å². The maximum absolute atomic E-state index is 13.2. The third-order valence-electron chi connectivity index (χ3n) is 3.83. The van der Waals surface area contributed by atoms with Crippen molar-refractivity contribution < 1.29 is 9.13 Å². The highest BCUT2D eigenvalue weighted by atomic mass is 19.1. The van der Waals surface area contributed by atoms with Crippen LogP contribution in [0.2, 0.25) is 0 Å². The summed E-state index contributed by atoms with van der Waals surface area (Å²) in [6.07, 6.45) is 6.05. The highest BCUT2D eigenvalue weighted by Gasteiger charge is 2.18. The van der Waals surface area contributed by atoms with Gasteiger partial charge in [-0.3, -0.25) is 0 Å². The van der Waals surface area contributed by atoms with Crippen LogP contribution in [0.1, 0.15) is 31.2 Å². The van der Waals surface area contributed by atoms with Gasteiger partial charge in [-0.05, 0) is 69.3 Å². The Morgan fingerprint density at radius 2 is 2.37 bits per heavy atom. The van der Waals surface area contributed by atoms with Gasteiger partial charge in [0.1, 0.15) is 5.82 Å². The molecule has 1 N–H and O–H groups in total. The van der Waals surface area contributed by atoms with Crippen molar-refractivity contribution in [2.75, 3.05) is 20.2 Å². The van der Waals surface area contributed by atoms with E-state index in [1.807, 2.05) is 13.1 Å². The minimum absolute atomic E-state index is 0.139. The second-order valence-corrected chi connectivity index (χ2v) is 5.47. The molecule has 1 aliphatic rings. The molecule has 0 saturated carbocycles. The fraction of sp³-hybridized carbons (Fsp3) is 0.625. The molecule has 0 aliphatic carbocycles. The summed E-state index contributed by atoms with van der Waals surface area (Å²) in [5.74, 6) is 0.413. The fourth-order valence-corrected chi connectivity index (χ4v) is 2.86. The van der Waals surface area contributed by atoms with Crippen molar-refractivity contribution in [1.29, 1.82) is 0 Å². The molecule has 0 radical (unpaired) electrons. The van der Waals surface area contributed by atoms with Gasteiger partial charge in [-0.2, -0.15) is 0 Å². The molecule has 0 bridgehead atoms. The topological polar surface area (TPSA) is 21.3 Å². The molecule has 2 unspecified atom stereocenters. The molecule has 2 rings (SSSR count). The molecule has 0 amide bonds. The Balaban J connectivity index is 1.84. The predicted molar refractivity (Wildman–Crippen MR) is 75.7 cm³/mol. The molecule has 2 atom stereocenters. The average Bonchev–Trinajstić information content (AvgIpc) is 2.89. The molecule has 1 saturated heterocycles. The Kier molecular flexibility index (Phi) is 5.80. The number of benzene rings is 1. The molecule has 1 aliphatic heterocycles. The lowest BCUT2D eigenvalue weighted by atomic mass is 9.93. The average molecular weight is 265 g/mol. The number of nitrogens with one attached hydrogen (secondary N) is 1. The van der Waals surface area contributed by atoms with Crippen LogP contribution in [0.3, 0.4) is 0 Å². The van der Waals surface area contributed by atoms with Crippen LogP contribution >= 0.6 is 0 Å². The van der Waals surface area contributed by atoms with E-state index in [9.17, 15) is 4.39 Å². The van der Waals surface area contributed by atoms with E-state index in [0.717, 1.165) is 38.0 Å². The van der Waals surface area contributed by atoms with E-state index in [2.05, 4.69) is 5.32 Å². The Morgan fingerprint density at radius 3 is 3.05 bits per heavy atom. The lowest BCUT2D eigenvalue weighted by Crippen LogP contribution is -2.22. The summed E-state index contributed by atoms with van der Waals surface area (Å²) in [4.78, 5) is 0. The molecular formula is C16H24FNO. The normalized spacial score (nSPS) is 20.6. The van der Waals surface area contributed by atoms with Gasteiger partial charge in [-0.15, -0.1) is 0 Å². The van der Waals surface area contributed by atoms with E-state index >= 15 is 0 Å². The summed E-state index contributed by atoms with van der Waals surface area (Å²) in [5, 5.41) is 3.24. The molecule has 19 heavy (non-hydrogen) atoms. The summed E-state index contributed by atoms with van der Waals surface area (Å²) >= 11 is 0. The van der Waals surface area contributed by atoms with E-state index in [-0.39, 0.29) is 5.82 Å². The minimum Gasteiger partial charge on any atom is -0.378 e. The summed E-state index contributed by atoms with van der Waals surface area (Å²) in [6, 6.07) is 6.96. The van der Waals surface area contributed by atoms with Crippen molar-refractivity contribution in [3.8, 4) is 0 Å². The quantitative estimate of drug-likeness (QED) is 0.817. The Labute approximate surface area is 115 Å². The smallest absolute Gasteiger partial charge is 0.123 e. The maximum Gasteiger partial charge on any atom is 0.123 e. The number of hydrogen-bond donors (Lipinski definition) is 1. The highest BCUT2D eigenvalue weighted by Crippen LogP contribution is 2.21. The molecule has 0 spiro atoms. The minimum atomic E-state index is -0.139. The molecule has 106 valence electrons. The second-order valence-electron chi connectivity index (χ2n) is 5.47. The lowest BCUT2D eigenvalue weighted by Gasteiger charge is -2.18. The highest BCUT2D eigenvalue weighted by molar-refractivity contribution is 5.16. The summed E-state index contributed by atoms with van der Waals surface area (Å²) in [5.41, 5.74) is 1.09. The van der Waals surface area contributed by atoms with Crippen LogP contribution in [0.15, 0.2) is 24.3 Å². The van der Waals surface area contributed by atoms with Gasteiger partial charge < -0.3 is 10.1 Å². The fourth-order valence-electron chi connectivity index (χ4n) is 2.86. The zero-order chi connectivity index (χ0) is 13.5. The number of rotatable bonds is 7. The summed E-state index contributed by atoms with van der Waals surface area (Å²) < 4.78 is 18.9. The largest absolute Gasteiger partial charge is 0.378 e. The Hall–Kier alpha value is -0.930. The van der Waals surface area contributed by atoms with Crippen molar-refractivity contribution in [1.82, 2.24) is 5.32 Å². The first-order chi connectivity index (χ1) is 9.28. The Morgan fingerprint density at radius 1 is 1.47 bits per heavy atom. The van der Waals surface area contributed by atoms with Crippen LogP contribution in [0.5, 0.6) is 0 Å². The van der Waals surface area contributed by atoms with E-state index in [1.165, 1.54) is 18.9 Å². The third kappa shape index (κ3) is 4.92. The summed E-state index contributed by atoms with van der Waals surface area (Å²) in [7, 11) is 1.98. The SMILES string of the molecule is CNCC(CCC1CCCO1)Cc1cccc(F)c1. The van der Waals surface area contributed by atoms with Crippen LogP contribution < -0.4 is 5.32 Å². The monoisotopic (exact) mass is 265 g/mol. The first-order valence-corrected chi connectivity index (χ1v) is 7.28. The molecule has 3 heteroatoms. The van der Waals surface area contributed by atoms with E-state index in [1.54, 1.807) is 12.1 Å². The van der Waals surface area contributed by atoms with Gasteiger partial charge in [0, 0.05) is 6.61 Å². The van der Waals surface area contributed by atoms with Crippen LogP contribution in [-0.4, -0.2) is 26.3 Å². The summed E-state index contributed by atoms with van der Waals surface area (Å²) in [6.45, 7) is 1.90. The van der Waals surface area contributed by atoms with Gasteiger partial charge in [0.25, 0.3) is 0 Å². The van der Waals surface area contributed by atoms with Gasteiger partial charge in [-0.1, -0.05) is 12.1 Å². The second kappa shape index (κ2) is 7.61. The molecule has 1 fully saturated rings. The predicted octanol–water partition coefficient (Wildman–Crippen LogP) is 3.16. The van der Waals surface area contributed by atoms with Gasteiger partial charge in [-0.25, -0.2) is 4.39 Å². The number of ether oxygens (including phenoxy) is 1. The maximum atomic E-state index is 13.2. The molecule has 1 heterocycles. The van der Waals surface area contributed by atoms with Crippen LogP contribution in [0, 0.1) is 11.7 Å². The standard InChI is InChI=1S/C16H24FNO/c1-18-12-14(7-8-16-6-3-9-19-16)10-13-4-2-5-15(17)11-13/h2,4-5,11,14,16,18H,3,6-10,12H2,1H3. The molecule has 1 aromatic rings. The van der Waals surface area contributed by atoms with Crippen LogP contribution in [0.25, 0.3) is 0 Å². The van der Waals surface area contributed by atoms with Gasteiger partial charge >= 0.3 is 0 Å². The number of hydrogen-bond acceptors (Lipinski definition) is 2. The van der Waals surface area contributed by atoms with Gasteiger partial charge in [0.2, 0.25) is 0 Å². The molecule has 0 aromatic heterocycles. The molecular weight excluding hydrogens is 241 g/mol. The van der Waals surface area contributed by atoms with Crippen LogP contribution in [0.4, 0.5) is 4.39 Å². The zero-order valence-corrected chi connectivity index (χ0v) is 11.7. The van der Waals surface area contributed by atoms with Gasteiger partial charge in [0.05, 0.1) is 6.10 Å². The van der Waals surface area contributed by atoms with E-state index in [4.69, 9.17) is 4.74 Å². The van der Waals surface area contributed by atoms with Crippen molar-refractivity contribution in [3.63, 3.8) is 0 Å². The van der Waals surface area contributed by atoms with E-state index in [0.29, 0.717) is 12.0 Å². The van der Waals surface area contributed by atoms with Crippen molar-refractivity contribution in [2.24, 2.45) is 5.92 Å². The lowest BCUT2D eigenvalue weighted by molar-refractivity contribution is 0.0980. The first-order valence-electron chi connectivity index (χ1n) is 7.28. The van der Waals surface area contributed by atoms with Crippen molar-refractivity contribution in [2.45, 2.75) is 38.2 Å². The molecule has 1 aromatic carbocycles. The van der Waals surface area contributed by atoms with Crippen molar-refractivity contribution in [3.05, 3.63) is 35.6 Å².